The molecule has 2 bridgehead atoms. The van der Waals surface area contributed by atoms with Gasteiger partial charge in [-0.05, 0) is 30.9 Å². The van der Waals surface area contributed by atoms with E-state index in [1.54, 1.807) is 16.2 Å². The molecule has 3 saturated heterocycles. The quantitative estimate of drug-likeness (QED) is 0.742. The van der Waals surface area contributed by atoms with Gasteiger partial charge in [0.15, 0.2) is 0 Å². The molecule has 0 spiro atoms. The lowest BCUT2D eigenvalue weighted by atomic mass is 10.1. The molecule has 0 aliphatic carbocycles. The van der Waals surface area contributed by atoms with Crippen molar-refractivity contribution in [1.29, 1.82) is 0 Å². The van der Waals surface area contributed by atoms with Gasteiger partial charge in [0.25, 0.3) is 0 Å². The first-order valence-corrected chi connectivity index (χ1v) is 10.0. The van der Waals surface area contributed by atoms with E-state index in [2.05, 4.69) is 21.6 Å². The van der Waals surface area contributed by atoms with E-state index < -0.39 is 11.9 Å². The third kappa shape index (κ3) is 2.79. The number of carbonyl (C=O) groups excluding carboxylic acids is 2. The molecule has 2 N–H and O–H groups in total. The molecule has 3 atom stereocenters. The molecule has 3 fully saturated rings. The van der Waals surface area contributed by atoms with Crippen LogP contribution in [0.15, 0.2) is 23.0 Å². The number of aryl methyl sites for hydroxylation is 1. The van der Waals surface area contributed by atoms with Gasteiger partial charge in [0, 0.05) is 45.2 Å². The number of nitrogens with one attached hydrogen (secondary N) is 2. The fourth-order valence-electron chi connectivity index (χ4n) is 5.14. The Morgan fingerprint density at radius 2 is 1.82 bits per heavy atom. The SMILES string of the molecule is Cn1c(=O)n(C2CCC(=O)NC2=O)c2cccc(CN3CC4CC[C@H](C3)N4)c21. The fourth-order valence-corrected chi connectivity index (χ4v) is 5.14. The van der Waals surface area contributed by atoms with E-state index in [1.807, 2.05) is 12.1 Å². The number of piperidine rings is 1. The summed E-state index contributed by atoms with van der Waals surface area (Å²) in [6, 6.07) is 6.41. The van der Waals surface area contributed by atoms with Crippen molar-refractivity contribution in [3.63, 3.8) is 0 Å². The minimum atomic E-state index is -0.640. The summed E-state index contributed by atoms with van der Waals surface area (Å²) in [4.78, 5) is 39.3. The highest BCUT2D eigenvalue weighted by molar-refractivity contribution is 6.00. The molecule has 2 unspecified atom stereocenters. The summed E-state index contributed by atoms with van der Waals surface area (Å²) in [7, 11) is 1.76. The molecule has 0 radical (unpaired) electrons. The number of hydrogen-bond donors (Lipinski definition) is 2. The van der Waals surface area contributed by atoms with Gasteiger partial charge in [0.05, 0.1) is 11.0 Å². The minimum Gasteiger partial charge on any atom is -0.309 e. The largest absolute Gasteiger partial charge is 0.329 e. The van der Waals surface area contributed by atoms with Gasteiger partial charge in [0.2, 0.25) is 11.8 Å². The van der Waals surface area contributed by atoms with E-state index >= 15 is 0 Å². The molecule has 148 valence electrons. The Bertz CT molecular complexity index is 1010. The summed E-state index contributed by atoms with van der Waals surface area (Å²) in [5.74, 6) is -0.668. The number of aromatic nitrogens is 2. The number of fused-ring (bicyclic) bond motifs is 3. The van der Waals surface area contributed by atoms with Gasteiger partial charge in [0.1, 0.15) is 6.04 Å². The molecule has 5 rings (SSSR count). The smallest absolute Gasteiger partial charge is 0.309 e. The molecule has 4 heterocycles. The predicted molar refractivity (Wildman–Crippen MR) is 104 cm³/mol. The summed E-state index contributed by atoms with van der Waals surface area (Å²) in [6.45, 7) is 2.84. The van der Waals surface area contributed by atoms with E-state index in [0.717, 1.165) is 36.2 Å². The van der Waals surface area contributed by atoms with Crippen LogP contribution in [0, 0.1) is 0 Å². The maximum absolute atomic E-state index is 13.0. The normalized spacial score (nSPS) is 28.1. The van der Waals surface area contributed by atoms with Gasteiger partial charge in [-0.2, -0.15) is 0 Å². The number of para-hydroxylation sites is 1. The van der Waals surface area contributed by atoms with Crippen LogP contribution in [0.5, 0.6) is 0 Å². The average Bonchev–Trinajstić information content (AvgIpc) is 3.13. The van der Waals surface area contributed by atoms with Crippen molar-refractivity contribution in [3.05, 3.63) is 34.2 Å². The second kappa shape index (κ2) is 6.56. The molecular formula is C20H25N5O3. The molecule has 1 aromatic carbocycles. The van der Waals surface area contributed by atoms with Gasteiger partial charge in [-0.15, -0.1) is 0 Å². The van der Waals surface area contributed by atoms with E-state index in [-0.39, 0.29) is 18.0 Å². The van der Waals surface area contributed by atoms with Crippen molar-refractivity contribution in [1.82, 2.24) is 24.7 Å². The zero-order chi connectivity index (χ0) is 19.4. The average molecular weight is 383 g/mol. The number of nitrogens with zero attached hydrogens (tertiary/aromatic N) is 3. The molecule has 2 aromatic rings. The highest BCUT2D eigenvalue weighted by Gasteiger charge is 2.34. The van der Waals surface area contributed by atoms with Crippen LogP contribution in [-0.2, 0) is 23.2 Å². The second-order valence-electron chi connectivity index (χ2n) is 8.30. The van der Waals surface area contributed by atoms with Gasteiger partial charge in [-0.1, -0.05) is 12.1 Å². The summed E-state index contributed by atoms with van der Waals surface area (Å²) in [5, 5.41) is 6.01. The van der Waals surface area contributed by atoms with Crippen molar-refractivity contribution in [2.75, 3.05) is 13.1 Å². The van der Waals surface area contributed by atoms with Crippen LogP contribution in [0.25, 0.3) is 11.0 Å². The van der Waals surface area contributed by atoms with Crippen LogP contribution in [-0.4, -0.2) is 51.0 Å². The molecule has 8 nitrogen and oxygen atoms in total. The second-order valence-corrected chi connectivity index (χ2v) is 8.30. The van der Waals surface area contributed by atoms with E-state index in [4.69, 9.17) is 0 Å². The number of imide groups is 1. The third-order valence-corrected chi connectivity index (χ3v) is 6.39. The Kier molecular flexibility index (Phi) is 4.13. The predicted octanol–water partition coefficient (Wildman–Crippen LogP) is 0.254. The molecular weight excluding hydrogens is 358 g/mol. The third-order valence-electron chi connectivity index (χ3n) is 6.39. The molecule has 8 heteroatoms. The Morgan fingerprint density at radius 3 is 2.54 bits per heavy atom. The van der Waals surface area contributed by atoms with Crippen molar-refractivity contribution in [3.8, 4) is 0 Å². The summed E-state index contributed by atoms with van der Waals surface area (Å²) in [6.07, 6.45) is 3.07. The van der Waals surface area contributed by atoms with Gasteiger partial charge >= 0.3 is 5.69 Å². The van der Waals surface area contributed by atoms with Crippen LogP contribution < -0.4 is 16.3 Å². The molecule has 28 heavy (non-hydrogen) atoms. The number of benzene rings is 1. The summed E-state index contributed by atoms with van der Waals surface area (Å²) in [5.41, 5.74) is 2.53. The molecule has 2 amide bonds. The van der Waals surface area contributed by atoms with Crippen molar-refractivity contribution >= 4 is 22.8 Å². The standard InChI is InChI=1S/C20H25N5O3/c1-23-18-12(9-24-10-13-5-6-14(11-24)21-13)3-2-4-15(18)25(20(23)28)16-7-8-17(26)22-19(16)27/h2-4,13-14,16,21H,5-11H2,1H3,(H,22,26,27)/t13-,14?,16?/m1/s1. The molecule has 3 aliphatic rings. The van der Waals surface area contributed by atoms with Gasteiger partial charge in [-0.25, -0.2) is 4.79 Å². The first-order chi connectivity index (χ1) is 13.5. The highest BCUT2D eigenvalue weighted by atomic mass is 16.2. The van der Waals surface area contributed by atoms with Gasteiger partial charge < -0.3 is 5.32 Å². The number of amides is 2. The van der Waals surface area contributed by atoms with Crippen LogP contribution in [0.1, 0.15) is 37.3 Å². The molecule has 3 aliphatic heterocycles. The lowest BCUT2D eigenvalue weighted by molar-refractivity contribution is -0.135. The number of hydrogen-bond acceptors (Lipinski definition) is 5. The Balaban J connectivity index is 1.53. The Labute approximate surface area is 162 Å². The maximum Gasteiger partial charge on any atom is 0.329 e. The van der Waals surface area contributed by atoms with E-state index in [9.17, 15) is 14.4 Å². The minimum absolute atomic E-state index is 0.211. The molecule has 0 saturated carbocycles. The van der Waals surface area contributed by atoms with E-state index in [0.29, 0.717) is 18.5 Å². The number of piperazine rings is 1. The highest BCUT2D eigenvalue weighted by Crippen LogP contribution is 2.27. The lowest BCUT2D eigenvalue weighted by Crippen LogP contribution is -2.50. The van der Waals surface area contributed by atoms with Crippen LogP contribution in [0.4, 0.5) is 0 Å². The number of likely N-dealkylation sites (tertiary alicyclic amines) is 1. The Hall–Kier alpha value is -2.45. The van der Waals surface area contributed by atoms with Crippen molar-refractivity contribution < 1.29 is 9.59 Å². The zero-order valence-corrected chi connectivity index (χ0v) is 16.0. The number of imidazole rings is 1. The van der Waals surface area contributed by atoms with Crippen molar-refractivity contribution in [2.24, 2.45) is 7.05 Å². The van der Waals surface area contributed by atoms with E-state index in [1.165, 1.54) is 12.8 Å². The van der Waals surface area contributed by atoms with Crippen molar-refractivity contribution in [2.45, 2.75) is 50.4 Å². The summed E-state index contributed by atoms with van der Waals surface area (Å²) >= 11 is 0. The first kappa shape index (κ1) is 17.6. The maximum atomic E-state index is 13.0. The van der Waals surface area contributed by atoms with Crippen LogP contribution in [0.2, 0.25) is 0 Å². The Morgan fingerprint density at radius 1 is 1.07 bits per heavy atom. The molecule has 1 aromatic heterocycles. The zero-order valence-electron chi connectivity index (χ0n) is 16.0. The lowest BCUT2D eigenvalue weighted by Gasteiger charge is -2.33. The topological polar surface area (TPSA) is 88.4 Å². The van der Waals surface area contributed by atoms with Crippen LogP contribution in [0.3, 0.4) is 0 Å². The monoisotopic (exact) mass is 383 g/mol. The fraction of sp³-hybridized carbons (Fsp3) is 0.550. The van der Waals surface area contributed by atoms with Crippen LogP contribution >= 0.6 is 0 Å². The number of rotatable bonds is 3. The number of carbonyl (C=O) groups is 2. The van der Waals surface area contributed by atoms with Gasteiger partial charge in [-0.3, -0.25) is 28.9 Å². The summed E-state index contributed by atoms with van der Waals surface area (Å²) < 4.78 is 3.20. The first-order valence-electron chi connectivity index (χ1n) is 10.0.